The fourth-order valence-corrected chi connectivity index (χ4v) is 2.48. The molecule has 0 aliphatic heterocycles. The zero-order valence-corrected chi connectivity index (χ0v) is 10.5. The van der Waals surface area contributed by atoms with Crippen molar-refractivity contribution in [1.29, 1.82) is 0 Å². The molecule has 0 radical (unpaired) electrons. The van der Waals surface area contributed by atoms with Crippen LogP contribution in [0.3, 0.4) is 0 Å². The Morgan fingerprint density at radius 3 is 2.12 bits per heavy atom. The number of hydrogen-bond donors (Lipinski definition) is 2. The number of aryl methyl sites for hydroxylation is 1. The number of aromatic carboxylic acids is 2. The lowest BCUT2D eigenvalue weighted by atomic mass is 9.95. The number of benzene rings is 1. The van der Waals surface area contributed by atoms with Gasteiger partial charge in [-0.2, -0.15) is 0 Å². The van der Waals surface area contributed by atoms with Crippen LogP contribution in [0.1, 0.15) is 38.8 Å². The van der Waals surface area contributed by atoms with Crippen LogP contribution in [0.2, 0.25) is 0 Å². The zero-order chi connectivity index (χ0) is 12.5. The minimum atomic E-state index is -1.12. The molecular weight excluding hydrogens is 276 g/mol. The van der Waals surface area contributed by atoms with Crippen LogP contribution >= 0.6 is 15.9 Å². The second-order valence-electron chi connectivity index (χ2n) is 3.37. The van der Waals surface area contributed by atoms with Gasteiger partial charge in [-0.15, -0.1) is 0 Å². The van der Waals surface area contributed by atoms with Crippen molar-refractivity contribution in [2.24, 2.45) is 0 Å². The molecule has 0 bridgehead atoms. The third-order valence-electron chi connectivity index (χ3n) is 2.36. The van der Waals surface area contributed by atoms with Crippen LogP contribution in [-0.2, 0) is 6.42 Å². The van der Waals surface area contributed by atoms with Gasteiger partial charge in [-0.05, 0) is 46.5 Å². The smallest absolute Gasteiger partial charge is 0.337 e. The maximum absolute atomic E-state index is 11.1. The summed E-state index contributed by atoms with van der Waals surface area (Å²) in [6.07, 6.45) is 0.365. The van der Waals surface area contributed by atoms with Crippen molar-refractivity contribution in [2.75, 3.05) is 0 Å². The van der Waals surface area contributed by atoms with Crippen molar-refractivity contribution >= 4 is 27.9 Å². The van der Waals surface area contributed by atoms with Crippen molar-refractivity contribution in [3.63, 3.8) is 0 Å². The summed E-state index contributed by atoms with van der Waals surface area (Å²) in [6, 6.07) is 1.52. The van der Waals surface area contributed by atoms with Gasteiger partial charge in [-0.25, -0.2) is 9.59 Å². The molecule has 86 valence electrons. The van der Waals surface area contributed by atoms with E-state index >= 15 is 0 Å². The molecule has 0 unspecified atom stereocenters. The van der Waals surface area contributed by atoms with Gasteiger partial charge in [-0.1, -0.05) is 6.92 Å². The summed E-state index contributed by atoms with van der Waals surface area (Å²) in [5, 5.41) is 18.1. The Morgan fingerprint density at radius 1 is 1.25 bits per heavy atom. The second kappa shape index (κ2) is 4.65. The Balaban J connectivity index is 3.69. The summed E-state index contributed by atoms with van der Waals surface area (Å²) in [7, 11) is 0. The lowest BCUT2D eigenvalue weighted by Crippen LogP contribution is -2.12. The van der Waals surface area contributed by atoms with E-state index in [1.165, 1.54) is 6.07 Å². The first-order valence-electron chi connectivity index (χ1n) is 4.68. The minimum Gasteiger partial charge on any atom is -0.478 e. The monoisotopic (exact) mass is 286 g/mol. The van der Waals surface area contributed by atoms with E-state index < -0.39 is 11.9 Å². The first-order valence-corrected chi connectivity index (χ1v) is 5.48. The maximum atomic E-state index is 11.1. The molecule has 1 aromatic rings. The average Bonchev–Trinajstić information content (AvgIpc) is 2.14. The zero-order valence-electron chi connectivity index (χ0n) is 8.87. The van der Waals surface area contributed by atoms with Crippen molar-refractivity contribution in [1.82, 2.24) is 0 Å². The van der Waals surface area contributed by atoms with Crippen LogP contribution in [0.25, 0.3) is 0 Å². The standard InChI is InChI=1S/C11H11BrO4/c1-3-6-8(10(13)14)5(2)4-7(12)9(6)11(15)16/h4H,3H2,1-2H3,(H,13,14)(H,15,16). The van der Waals surface area contributed by atoms with Gasteiger partial charge in [0, 0.05) is 4.47 Å². The lowest BCUT2D eigenvalue weighted by molar-refractivity contribution is 0.0694. The average molecular weight is 287 g/mol. The molecule has 0 aliphatic carbocycles. The minimum absolute atomic E-state index is 0.0329. The third kappa shape index (κ3) is 2.09. The van der Waals surface area contributed by atoms with Crippen LogP contribution in [0, 0.1) is 6.92 Å². The summed E-state index contributed by atoms with van der Waals surface area (Å²) in [6.45, 7) is 3.39. The predicted octanol–water partition coefficient (Wildman–Crippen LogP) is 2.72. The number of carboxylic acids is 2. The summed E-state index contributed by atoms with van der Waals surface area (Å²) in [4.78, 5) is 22.1. The van der Waals surface area contributed by atoms with E-state index in [9.17, 15) is 9.59 Å². The highest BCUT2D eigenvalue weighted by Gasteiger charge is 2.22. The molecule has 5 heteroatoms. The normalized spacial score (nSPS) is 10.2. The van der Waals surface area contributed by atoms with Crippen molar-refractivity contribution < 1.29 is 19.8 Å². The fourth-order valence-electron chi connectivity index (χ4n) is 1.72. The highest BCUT2D eigenvalue weighted by molar-refractivity contribution is 9.10. The molecule has 0 spiro atoms. The SMILES string of the molecule is CCc1c(C(=O)O)c(C)cc(Br)c1C(=O)O. The number of carboxylic acid groups (broad SMARTS) is 2. The van der Waals surface area contributed by atoms with Crippen LogP contribution < -0.4 is 0 Å². The quantitative estimate of drug-likeness (QED) is 0.896. The van der Waals surface area contributed by atoms with Crippen LogP contribution in [0.5, 0.6) is 0 Å². The molecule has 16 heavy (non-hydrogen) atoms. The Hall–Kier alpha value is -1.36. The number of carbonyl (C=O) groups is 2. The van der Waals surface area contributed by atoms with Gasteiger partial charge < -0.3 is 10.2 Å². The Kier molecular flexibility index (Phi) is 3.70. The van der Waals surface area contributed by atoms with E-state index in [1.54, 1.807) is 13.8 Å². The molecule has 0 fully saturated rings. The fraction of sp³-hybridized carbons (Fsp3) is 0.273. The molecule has 1 rings (SSSR count). The van der Waals surface area contributed by atoms with Gasteiger partial charge in [0.25, 0.3) is 0 Å². The lowest BCUT2D eigenvalue weighted by Gasteiger charge is -2.12. The van der Waals surface area contributed by atoms with E-state index in [2.05, 4.69) is 15.9 Å². The Morgan fingerprint density at radius 2 is 1.75 bits per heavy atom. The molecule has 0 saturated carbocycles. The molecule has 4 nitrogen and oxygen atoms in total. The predicted molar refractivity (Wildman–Crippen MR) is 62.2 cm³/mol. The second-order valence-corrected chi connectivity index (χ2v) is 4.22. The molecule has 0 atom stereocenters. The topological polar surface area (TPSA) is 74.6 Å². The third-order valence-corrected chi connectivity index (χ3v) is 2.99. The molecular formula is C11H11BrO4. The van der Waals surface area contributed by atoms with Crippen molar-refractivity contribution in [3.8, 4) is 0 Å². The number of hydrogen-bond acceptors (Lipinski definition) is 2. The first-order chi connectivity index (χ1) is 7.40. The van der Waals surface area contributed by atoms with Gasteiger partial charge in [0.2, 0.25) is 0 Å². The Bertz CT molecular complexity index is 427. The van der Waals surface area contributed by atoms with Gasteiger partial charge >= 0.3 is 11.9 Å². The molecule has 0 heterocycles. The molecule has 0 saturated heterocycles. The van der Waals surface area contributed by atoms with Gasteiger partial charge in [0.1, 0.15) is 0 Å². The van der Waals surface area contributed by atoms with Crippen LogP contribution in [0.15, 0.2) is 10.5 Å². The van der Waals surface area contributed by atoms with E-state index in [1.807, 2.05) is 0 Å². The van der Waals surface area contributed by atoms with E-state index in [0.717, 1.165) is 0 Å². The maximum Gasteiger partial charge on any atom is 0.337 e. The van der Waals surface area contributed by atoms with Gasteiger partial charge in [0.15, 0.2) is 0 Å². The number of halogens is 1. The van der Waals surface area contributed by atoms with E-state index in [-0.39, 0.29) is 11.1 Å². The molecule has 0 aromatic heterocycles. The van der Waals surface area contributed by atoms with Gasteiger partial charge in [-0.3, -0.25) is 0 Å². The summed E-state index contributed by atoms with van der Waals surface area (Å²) in [5.74, 6) is -2.21. The highest BCUT2D eigenvalue weighted by Crippen LogP contribution is 2.28. The molecule has 0 aliphatic rings. The Labute approximate surface area is 101 Å². The van der Waals surface area contributed by atoms with Crippen LogP contribution in [-0.4, -0.2) is 22.2 Å². The summed E-state index contributed by atoms with van der Waals surface area (Å²) in [5.41, 5.74) is 1.03. The highest BCUT2D eigenvalue weighted by atomic mass is 79.9. The molecule has 1 aromatic carbocycles. The first kappa shape index (κ1) is 12.7. The van der Waals surface area contributed by atoms with Crippen molar-refractivity contribution in [2.45, 2.75) is 20.3 Å². The molecule has 2 N–H and O–H groups in total. The van der Waals surface area contributed by atoms with E-state index in [4.69, 9.17) is 10.2 Å². The van der Waals surface area contributed by atoms with E-state index in [0.29, 0.717) is 22.0 Å². The van der Waals surface area contributed by atoms with Crippen molar-refractivity contribution in [3.05, 3.63) is 32.8 Å². The number of rotatable bonds is 3. The summed E-state index contributed by atoms with van der Waals surface area (Å²) < 4.78 is 0.416. The largest absolute Gasteiger partial charge is 0.478 e. The van der Waals surface area contributed by atoms with Crippen LogP contribution in [0.4, 0.5) is 0 Å². The summed E-state index contributed by atoms with van der Waals surface area (Å²) >= 11 is 3.15. The molecule has 0 amide bonds. The van der Waals surface area contributed by atoms with Gasteiger partial charge in [0.05, 0.1) is 11.1 Å².